The lowest BCUT2D eigenvalue weighted by molar-refractivity contribution is 0.441. The van der Waals surface area contributed by atoms with Gasteiger partial charge in [-0.2, -0.15) is 5.10 Å². The Hall–Kier alpha value is -0.990. The Balaban J connectivity index is 2.92. The molecule has 1 N–H and O–H groups in total. The van der Waals surface area contributed by atoms with Crippen molar-refractivity contribution in [3.05, 3.63) is 11.4 Å². The molecule has 0 bridgehead atoms. The van der Waals surface area contributed by atoms with Crippen LogP contribution in [-0.4, -0.2) is 15.8 Å². The third-order valence-corrected chi connectivity index (χ3v) is 3.67. The van der Waals surface area contributed by atoms with Crippen LogP contribution >= 0.6 is 0 Å². The molecule has 0 aliphatic carbocycles. The summed E-state index contributed by atoms with van der Waals surface area (Å²) in [4.78, 5) is 0. The largest absolute Gasteiger partial charge is 0.379 e. The van der Waals surface area contributed by atoms with E-state index in [0.29, 0.717) is 23.9 Å². The fourth-order valence-corrected chi connectivity index (χ4v) is 2.93. The van der Waals surface area contributed by atoms with Gasteiger partial charge in [0, 0.05) is 12.1 Å². The summed E-state index contributed by atoms with van der Waals surface area (Å²) in [6.07, 6.45) is 2.42. The predicted octanol–water partition coefficient (Wildman–Crippen LogP) is 4.95. The molecular weight excluding hydrogens is 246 g/mol. The van der Waals surface area contributed by atoms with Crippen LogP contribution in [0.5, 0.6) is 0 Å². The number of hydrogen-bond acceptors (Lipinski definition) is 2. The van der Waals surface area contributed by atoms with Crippen molar-refractivity contribution < 1.29 is 0 Å². The molecule has 0 aliphatic heterocycles. The Morgan fingerprint density at radius 2 is 1.45 bits per heavy atom. The zero-order valence-electron chi connectivity index (χ0n) is 14.6. The number of aromatic nitrogens is 2. The monoisotopic (exact) mass is 279 g/mol. The molecule has 0 amide bonds. The van der Waals surface area contributed by atoms with Crippen LogP contribution in [0.3, 0.4) is 0 Å². The second kappa shape index (κ2) is 7.14. The first-order chi connectivity index (χ1) is 9.22. The molecule has 0 saturated carbocycles. The predicted molar refractivity (Wildman–Crippen MR) is 88.4 cm³/mol. The fraction of sp³-hybridized carbons (Fsp3) is 0.824. The SMILES string of the molecule is Cc1nn(C(C)C)c(C)c1NC(CC(C)C)CC(C)C. The maximum Gasteiger partial charge on any atom is 0.0828 e. The highest BCUT2D eigenvalue weighted by Crippen LogP contribution is 2.26. The van der Waals surface area contributed by atoms with Crippen molar-refractivity contribution >= 4 is 5.69 Å². The van der Waals surface area contributed by atoms with Crippen molar-refractivity contribution in [2.75, 3.05) is 5.32 Å². The minimum absolute atomic E-state index is 0.415. The summed E-state index contributed by atoms with van der Waals surface area (Å²) < 4.78 is 2.12. The third kappa shape index (κ3) is 4.53. The minimum Gasteiger partial charge on any atom is -0.379 e. The lowest BCUT2D eigenvalue weighted by Gasteiger charge is -2.24. The Kier molecular flexibility index (Phi) is 6.09. The van der Waals surface area contributed by atoms with Crippen molar-refractivity contribution in [3.8, 4) is 0 Å². The van der Waals surface area contributed by atoms with Crippen LogP contribution in [0.25, 0.3) is 0 Å². The van der Waals surface area contributed by atoms with E-state index in [1.807, 2.05) is 0 Å². The smallest absolute Gasteiger partial charge is 0.0828 e. The van der Waals surface area contributed by atoms with Gasteiger partial charge in [-0.15, -0.1) is 0 Å². The molecule has 0 saturated heterocycles. The van der Waals surface area contributed by atoms with Gasteiger partial charge in [0.2, 0.25) is 0 Å². The van der Waals surface area contributed by atoms with Crippen molar-refractivity contribution in [1.82, 2.24) is 9.78 Å². The Bertz CT molecular complexity index is 406. The van der Waals surface area contributed by atoms with E-state index in [9.17, 15) is 0 Å². The molecule has 1 heterocycles. The molecule has 1 aromatic heterocycles. The average Bonchev–Trinajstić information content (AvgIpc) is 2.55. The molecule has 0 unspecified atom stereocenters. The van der Waals surface area contributed by atoms with Crippen LogP contribution in [0.15, 0.2) is 0 Å². The Labute approximate surface area is 125 Å². The lowest BCUT2D eigenvalue weighted by atomic mass is 9.95. The fourth-order valence-electron chi connectivity index (χ4n) is 2.93. The van der Waals surface area contributed by atoms with Gasteiger partial charge in [-0.05, 0) is 52.4 Å². The summed E-state index contributed by atoms with van der Waals surface area (Å²) in [7, 11) is 0. The van der Waals surface area contributed by atoms with Gasteiger partial charge >= 0.3 is 0 Å². The summed E-state index contributed by atoms with van der Waals surface area (Å²) in [6.45, 7) is 17.8. The molecule has 1 aromatic rings. The van der Waals surface area contributed by atoms with Crippen molar-refractivity contribution in [2.24, 2.45) is 11.8 Å². The molecule has 1 rings (SSSR count). The zero-order valence-corrected chi connectivity index (χ0v) is 14.6. The van der Waals surface area contributed by atoms with E-state index in [0.717, 1.165) is 5.69 Å². The number of nitrogens with zero attached hydrogens (tertiary/aromatic N) is 2. The van der Waals surface area contributed by atoms with Gasteiger partial charge in [0.15, 0.2) is 0 Å². The van der Waals surface area contributed by atoms with E-state index in [4.69, 9.17) is 0 Å². The van der Waals surface area contributed by atoms with Crippen LogP contribution in [0, 0.1) is 25.7 Å². The van der Waals surface area contributed by atoms with E-state index in [1.54, 1.807) is 0 Å². The summed E-state index contributed by atoms with van der Waals surface area (Å²) in [5, 5.41) is 8.45. The topological polar surface area (TPSA) is 29.9 Å². The minimum atomic E-state index is 0.415. The number of aryl methyl sites for hydroxylation is 1. The molecule has 0 aliphatic rings. The Morgan fingerprint density at radius 1 is 0.950 bits per heavy atom. The molecule has 0 aromatic carbocycles. The van der Waals surface area contributed by atoms with Crippen LogP contribution in [0.1, 0.15) is 71.8 Å². The highest BCUT2D eigenvalue weighted by molar-refractivity contribution is 5.53. The Morgan fingerprint density at radius 3 is 1.80 bits per heavy atom. The molecule has 3 nitrogen and oxygen atoms in total. The first kappa shape index (κ1) is 17.1. The first-order valence-corrected chi connectivity index (χ1v) is 8.04. The van der Waals surface area contributed by atoms with E-state index < -0.39 is 0 Å². The van der Waals surface area contributed by atoms with Crippen molar-refractivity contribution in [1.29, 1.82) is 0 Å². The lowest BCUT2D eigenvalue weighted by Crippen LogP contribution is -2.24. The quantitative estimate of drug-likeness (QED) is 0.765. The van der Waals surface area contributed by atoms with E-state index in [-0.39, 0.29) is 0 Å². The molecule has 20 heavy (non-hydrogen) atoms. The van der Waals surface area contributed by atoms with Gasteiger partial charge in [0.05, 0.1) is 17.1 Å². The maximum atomic E-state index is 4.68. The maximum absolute atomic E-state index is 4.68. The third-order valence-electron chi connectivity index (χ3n) is 3.67. The highest BCUT2D eigenvalue weighted by Gasteiger charge is 2.18. The standard InChI is InChI=1S/C17H33N3/c1-11(2)9-16(10-12(3)4)18-17-14(7)19-20(13(5)6)15(17)8/h11-13,16,18H,9-10H2,1-8H3. The molecule has 116 valence electrons. The molecule has 0 radical (unpaired) electrons. The summed E-state index contributed by atoms with van der Waals surface area (Å²) in [5.41, 5.74) is 3.62. The summed E-state index contributed by atoms with van der Waals surface area (Å²) in [6, 6.07) is 0.954. The van der Waals surface area contributed by atoms with Gasteiger partial charge in [-0.1, -0.05) is 27.7 Å². The van der Waals surface area contributed by atoms with Crippen LogP contribution in [0.4, 0.5) is 5.69 Å². The number of anilines is 1. The van der Waals surface area contributed by atoms with Gasteiger partial charge in [-0.3, -0.25) is 4.68 Å². The first-order valence-electron chi connectivity index (χ1n) is 8.04. The molecule has 0 fully saturated rings. The average molecular weight is 279 g/mol. The van der Waals surface area contributed by atoms with Crippen LogP contribution < -0.4 is 5.32 Å². The van der Waals surface area contributed by atoms with Gasteiger partial charge in [0.25, 0.3) is 0 Å². The summed E-state index contributed by atoms with van der Waals surface area (Å²) >= 11 is 0. The number of rotatable bonds is 7. The van der Waals surface area contributed by atoms with E-state index in [1.165, 1.54) is 24.2 Å². The normalized spacial score (nSPS) is 12.2. The van der Waals surface area contributed by atoms with Gasteiger partial charge < -0.3 is 5.32 Å². The molecule has 0 atom stereocenters. The molecule has 0 spiro atoms. The van der Waals surface area contributed by atoms with Crippen LogP contribution in [0.2, 0.25) is 0 Å². The highest BCUT2D eigenvalue weighted by atomic mass is 15.3. The number of nitrogens with one attached hydrogen (secondary N) is 1. The number of hydrogen-bond donors (Lipinski definition) is 1. The van der Waals surface area contributed by atoms with Crippen molar-refractivity contribution in [2.45, 2.75) is 80.3 Å². The second-order valence-corrected chi connectivity index (χ2v) is 7.18. The zero-order chi connectivity index (χ0) is 15.4. The van der Waals surface area contributed by atoms with E-state index in [2.05, 4.69) is 70.5 Å². The van der Waals surface area contributed by atoms with E-state index >= 15 is 0 Å². The molecule has 3 heteroatoms. The van der Waals surface area contributed by atoms with Crippen LogP contribution in [-0.2, 0) is 0 Å². The van der Waals surface area contributed by atoms with Crippen molar-refractivity contribution in [3.63, 3.8) is 0 Å². The van der Waals surface area contributed by atoms with Gasteiger partial charge in [-0.25, -0.2) is 0 Å². The summed E-state index contributed by atoms with van der Waals surface area (Å²) in [5.74, 6) is 1.43. The van der Waals surface area contributed by atoms with Gasteiger partial charge in [0.1, 0.15) is 0 Å². The molecular formula is C17H33N3. The second-order valence-electron chi connectivity index (χ2n) is 7.18.